The Morgan fingerprint density at radius 3 is 2.61 bits per heavy atom. The maximum Gasteiger partial charge on any atom is 0.450 e. The minimum Gasteiger partial charge on any atom is -0.482 e. The van der Waals surface area contributed by atoms with Crippen molar-refractivity contribution in [1.29, 1.82) is 0 Å². The van der Waals surface area contributed by atoms with Crippen molar-refractivity contribution in [1.82, 2.24) is 9.78 Å². The molecule has 1 fully saturated rings. The van der Waals surface area contributed by atoms with E-state index in [9.17, 15) is 22.8 Å². The summed E-state index contributed by atoms with van der Waals surface area (Å²) in [6.45, 7) is 5.93. The SMILES string of the molecule is CC(C)[C@H]1CC[C@@H](C)C[C@@H]1OC(=O)COc1ccc2c(=O)c(-c3cnn(-c4ccccc4)c3)c(C(F)(F)F)oc2c1. The number of carbonyl (C=O) groups excluding carboxylic acids is 1. The lowest BCUT2D eigenvalue weighted by Crippen LogP contribution is -2.36. The second-order valence-corrected chi connectivity index (χ2v) is 10.9. The lowest BCUT2D eigenvalue weighted by Gasteiger charge is -2.36. The van der Waals surface area contributed by atoms with Crippen molar-refractivity contribution >= 4 is 16.9 Å². The maximum absolute atomic E-state index is 14.1. The fraction of sp³-hybridized carbons (Fsp3) is 0.387. The van der Waals surface area contributed by atoms with E-state index >= 15 is 0 Å². The third-order valence-corrected chi connectivity index (χ3v) is 7.61. The van der Waals surface area contributed by atoms with Gasteiger partial charge in [-0.15, -0.1) is 0 Å². The molecule has 0 radical (unpaired) electrons. The van der Waals surface area contributed by atoms with E-state index in [1.807, 2.05) is 0 Å². The number of rotatable bonds is 7. The molecule has 4 aromatic rings. The van der Waals surface area contributed by atoms with Gasteiger partial charge in [-0.05, 0) is 54.9 Å². The van der Waals surface area contributed by atoms with E-state index in [1.54, 1.807) is 30.3 Å². The number of alkyl halides is 3. The van der Waals surface area contributed by atoms with Crippen molar-refractivity contribution in [2.45, 2.75) is 52.3 Å². The molecule has 2 aromatic carbocycles. The number of halogens is 3. The van der Waals surface area contributed by atoms with Gasteiger partial charge in [0.05, 0.1) is 22.8 Å². The second-order valence-electron chi connectivity index (χ2n) is 10.9. The Labute approximate surface area is 234 Å². The third kappa shape index (κ3) is 6.16. The number of benzene rings is 2. The van der Waals surface area contributed by atoms with Crippen molar-refractivity contribution < 1.29 is 31.9 Å². The van der Waals surface area contributed by atoms with Crippen molar-refractivity contribution in [3.8, 4) is 22.6 Å². The van der Waals surface area contributed by atoms with Gasteiger partial charge >= 0.3 is 12.1 Å². The average molecular weight is 569 g/mol. The molecule has 0 N–H and O–H groups in total. The van der Waals surface area contributed by atoms with Gasteiger partial charge in [-0.2, -0.15) is 18.3 Å². The number of hydrogen-bond donors (Lipinski definition) is 0. The summed E-state index contributed by atoms with van der Waals surface area (Å²) in [5.74, 6) is -0.839. The molecule has 7 nitrogen and oxygen atoms in total. The Kier molecular flexibility index (Phi) is 7.93. The van der Waals surface area contributed by atoms with Gasteiger partial charge in [0.25, 0.3) is 0 Å². The second kappa shape index (κ2) is 11.4. The van der Waals surface area contributed by atoms with E-state index in [0.29, 0.717) is 17.5 Å². The smallest absolute Gasteiger partial charge is 0.450 e. The summed E-state index contributed by atoms with van der Waals surface area (Å²) in [5.41, 5.74) is -1.21. The Morgan fingerprint density at radius 2 is 1.90 bits per heavy atom. The van der Waals surface area contributed by atoms with Crippen LogP contribution in [0.15, 0.2) is 70.1 Å². The first-order chi connectivity index (χ1) is 19.5. The molecule has 1 aliphatic carbocycles. The largest absolute Gasteiger partial charge is 0.482 e. The van der Waals surface area contributed by atoms with Gasteiger partial charge in [-0.25, -0.2) is 9.48 Å². The number of esters is 1. The molecule has 10 heteroatoms. The van der Waals surface area contributed by atoms with E-state index < -0.39 is 35.5 Å². The highest BCUT2D eigenvalue weighted by Gasteiger charge is 2.40. The Bertz CT molecular complexity index is 1590. The number of para-hydroxylation sites is 1. The van der Waals surface area contributed by atoms with E-state index in [2.05, 4.69) is 25.9 Å². The van der Waals surface area contributed by atoms with Crippen molar-refractivity contribution in [3.05, 3.63) is 76.9 Å². The van der Waals surface area contributed by atoms with Crippen molar-refractivity contribution in [2.24, 2.45) is 17.8 Å². The highest BCUT2D eigenvalue weighted by atomic mass is 19.4. The molecule has 1 saturated carbocycles. The van der Waals surface area contributed by atoms with Crippen LogP contribution in [0.5, 0.6) is 5.75 Å². The molecule has 1 aliphatic rings. The van der Waals surface area contributed by atoms with Crippen LogP contribution in [0.1, 0.15) is 45.8 Å². The first-order valence-electron chi connectivity index (χ1n) is 13.6. The highest BCUT2D eigenvalue weighted by Crippen LogP contribution is 2.38. The van der Waals surface area contributed by atoms with E-state index in [1.165, 1.54) is 35.3 Å². The van der Waals surface area contributed by atoms with Gasteiger partial charge in [0.15, 0.2) is 6.61 Å². The lowest BCUT2D eigenvalue weighted by molar-refractivity contribution is -0.158. The zero-order chi connectivity index (χ0) is 29.3. The quantitative estimate of drug-likeness (QED) is 0.222. The first-order valence-corrected chi connectivity index (χ1v) is 13.6. The number of aromatic nitrogens is 2. The molecule has 216 valence electrons. The molecular weight excluding hydrogens is 537 g/mol. The van der Waals surface area contributed by atoms with Gasteiger partial charge < -0.3 is 13.9 Å². The maximum atomic E-state index is 14.1. The van der Waals surface area contributed by atoms with Crippen LogP contribution in [0.3, 0.4) is 0 Å². The molecule has 3 atom stereocenters. The molecule has 0 unspecified atom stereocenters. The Hall–Kier alpha value is -4.08. The predicted molar refractivity (Wildman–Crippen MR) is 147 cm³/mol. The summed E-state index contributed by atoms with van der Waals surface area (Å²) in [4.78, 5) is 25.9. The van der Waals surface area contributed by atoms with Crippen LogP contribution in [-0.4, -0.2) is 28.5 Å². The molecular formula is C31H31F3N2O5. The molecule has 41 heavy (non-hydrogen) atoms. The van der Waals surface area contributed by atoms with Gasteiger partial charge in [0.2, 0.25) is 11.2 Å². The highest BCUT2D eigenvalue weighted by molar-refractivity contribution is 5.84. The van der Waals surface area contributed by atoms with Crippen LogP contribution in [0, 0.1) is 17.8 Å². The molecule has 2 heterocycles. The van der Waals surface area contributed by atoms with Crippen LogP contribution >= 0.6 is 0 Å². The van der Waals surface area contributed by atoms with Crippen LogP contribution in [0.25, 0.3) is 27.8 Å². The molecule has 5 rings (SSSR count). The fourth-order valence-corrected chi connectivity index (χ4v) is 5.49. The zero-order valence-corrected chi connectivity index (χ0v) is 23.0. The molecule has 0 saturated heterocycles. The lowest BCUT2D eigenvalue weighted by atomic mass is 9.75. The minimum atomic E-state index is -4.96. The topological polar surface area (TPSA) is 83.6 Å². The Morgan fingerprint density at radius 1 is 1.15 bits per heavy atom. The average Bonchev–Trinajstić information content (AvgIpc) is 3.41. The molecule has 0 spiro atoms. The number of hydrogen-bond acceptors (Lipinski definition) is 6. The fourth-order valence-electron chi connectivity index (χ4n) is 5.49. The van der Waals surface area contributed by atoms with Gasteiger partial charge in [0.1, 0.15) is 17.4 Å². The normalized spacial score (nSPS) is 19.4. The monoisotopic (exact) mass is 568 g/mol. The van der Waals surface area contributed by atoms with E-state index in [4.69, 9.17) is 13.9 Å². The number of fused-ring (bicyclic) bond motifs is 1. The summed E-state index contributed by atoms with van der Waals surface area (Å²) in [6, 6.07) is 12.7. The molecule has 0 amide bonds. The predicted octanol–water partition coefficient (Wildman–Crippen LogP) is 7.05. The Balaban J connectivity index is 1.39. The van der Waals surface area contributed by atoms with E-state index in [-0.39, 0.29) is 34.3 Å². The first kappa shape index (κ1) is 28.4. The molecule has 0 bridgehead atoms. The van der Waals surface area contributed by atoms with Crippen LogP contribution < -0.4 is 10.2 Å². The third-order valence-electron chi connectivity index (χ3n) is 7.61. The van der Waals surface area contributed by atoms with Crippen LogP contribution in [-0.2, 0) is 15.7 Å². The molecule has 2 aromatic heterocycles. The number of ether oxygens (including phenoxy) is 2. The van der Waals surface area contributed by atoms with Crippen LogP contribution in [0.2, 0.25) is 0 Å². The summed E-state index contributed by atoms with van der Waals surface area (Å²) < 4.78 is 60.3. The van der Waals surface area contributed by atoms with Gasteiger partial charge in [0, 0.05) is 17.8 Å². The van der Waals surface area contributed by atoms with Crippen molar-refractivity contribution in [2.75, 3.05) is 6.61 Å². The van der Waals surface area contributed by atoms with Crippen molar-refractivity contribution in [3.63, 3.8) is 0 Å². The summed E-state index contributed by atoms with van der Waals surface area (Å²) in [5, 5.41) is 4.06. The minimum absolute atomic E-state index is 0.0309. The standard InChI is InChI=1S/C31H31F3N2O5/c1-18(2)23-11-9-19(3)13-25(23)40-27(37)17-39-22-10-12-24-26(14-22)41-30(31(32,33)34)28(29(24)38)20-15-35-36(16-20)21-7-5-4-6-8-21/h4-8,10,12,14-16,18-19,23,25H,9,11,13,17H2,1-3H3/t19-,23-,25+/m1/s1. The summed E-state index contributed by atoms with van der Waals surface area (Å²) in [7, 11) is 0. The zero-order valence-electron chi connectivity index (χ0n) is 23.0. The summed E-state index contributed by atoms with van der Waals surface area (Å²) in [6.07, 6.45) is 0.238. The van der Waals surface area contributed by atoms with Crippen LogP contribution in [0.4, 0.5) is 13.2 Å². The van der Waals surface area contributed by atoms with Gasteiger partial charge in [-0.3, -0.25) is 4.79 Å². The summed E-state index contributed by atoms with van der Waals surface area (Å²) >= 11 is 0. The number of carbonyl (C=O) groups is 1. The van der Waals surface area contributed by atoms with E-state index in [0.717, 1.165) is 19.3 Å². The molecule has 0 aliphatic heterocycles. The number of nitrogens with zero attached hydrogens (tertiary/aromatic N) is 2. The van der Waals surface area contributed by atoms with Gasteiger partial charge in [-0.1, -0.05) is 45.4 Å².